The fourth-order valence-electron chi connectivity index (χ4n) is 3.13. The highest BCUT2D eigenvalue weighted by atomic mass is 32.2. The van der Waals surface area contributed by atoms with Crippen molar-refractivity contribution in [2.45, 2.75) is 16.9 Å². The number of hydrogen-bond donors (Lipinski definition) is 0. The van der Waals surface area contributed by atoms with Crippen LogP contribution in [-0.2, 0) is 11.3 Å². The van der Waals surface area contributed by atoms with E-state index in [1.54, 1.807) is 32.3 Å². The second-order valence-corrected chi connectivity index (χ2v) is 7.99. The van der Waals surface area contributed by atoms with Gasteiger partial charge in [-0.05, 0) is 36.1 Å². The van der Waals surface area contributed by atoms with Crippen LogP contribution in [0.2, 0.25) is 0 Å². The third-order valence-corrected chi connectivity index (χ3v) is 6.42. The van der Waals surface area contributed by atoms with Crippen molar-refractivity contribution in [1.29, 1.82) is 5.26 Å². The lowest BCUT2D eigenvalue weighted by atomic mass is 10.1. The molecule has 1 atom stereocenters. The van der Waals surface area contributed by atoms with Crippen molar-refractivity contribution in [1.82, 2.24) is 9.88 Å². The third-order valence-electron chi connectivity index (χ3n) is 4.49. The predicted octanol–water partition coefficient (Wildman–Crippen LogP) is 3.48. The third kappa shape index (κ3) is 4.23. The monoisotopic (exact) mass is 431 g/mol. The minimum Gasteiger partial charge on any atom is -0.493 e. The molecule has 1 aliphatic heterocycles. The molecule has 2 heterocycles. The number of ether oxygens (including phenoxy) is 3. The fourth-order valence-corrected chi connectivity index (χ4v) is 4.80. The maximum Gasteiger partial charge on any atom is 0.234 e. The second kappa shape index (κ2) is 9.29. The van der Waals surface area contributed by atoms with Gasteiger partial charge in [0.05, 0.1) is 38.3 Å². The number of carbonyl (C=O) groups excluding carboxylic acids is 1. The van der Waals surface area contributed by atoms with Crippen molar-refractivity contribution >= 4 is 29.4 Å². The lowest BCUT2D eigenvalue weighted by Crippen LogP contribution is -2.28. The molecule has 1 unspecified atom stereocenters. The van der Waals surface area contributed by atoms with Crippen molar-refractivity contribution in [3.8, 4) is 23.3 Å². The molecule has 1 aromatic heterocycles. The summed E-state index contributed by atoms with van der Waals surface area (Å²) in [5.74, 6) is 2.00. The number of benzene rings is 1. The van der Waals surface area contributed by atoms with Crippen LogP contribution in [0.1, 0.15) is 22.2 Å². The van der Waals surface area contributed by atoms with Crippen molar-refractivity contribution in [3.05, 3.63) is 41.1 Å². The predicted molar refractivity (Wildman–Crippen MR) is 113 cm³/mol. The molecule has 3 rings (SSSR count). The van der Waals surface area contributed by atoms with Gasteiger partial charge in [0.25, 0.3) is 0 Å². The Morgan fingerprint density at radius 1 is 1.24 bits per heavy atom. The highest BCUT2D eigenvalue weighted by Gasteiger charge is 2.34. The van der Waals surface area contributed by atoms with E-state index in [2.05, 4.69) is 11.1 Å². The van der Waals surface area contributed by atoms with Crippen molar-refractivity contribution in [3.63, 3.8) is 0 Å². The van der Waals surface area contributed by atoms with Crippen molar-refractivity contribution in [2.24, 2.45) is 0 Å². The standard InChI is InChI=1S/C20H21N3O4S2/c1-25-15-7-12(8-16(26-2)18(15)27-3)10-23-17(24)11-29-20(23)14-6-5-13(9-21)19(22-14)28-4/h5-8,20H,10-11H2,1-4H3. The van der Waals surface area contributed by atoms with Crippen LogP contribution in [0.15, 0.2) is 29.3 Å². The van der Waals surface area contributed by atoms with Gasteiger partial charge >= 0.3 is 0 Å². The Morgan fingerprint density at radius 3 is 2.48 bits per heavy atom. The first kappa shape index (κ1) is 21.1. The van der Waals surface area contributed by atoms with Gasteiger partial charge in [-0.15, -0.1) is 23.5 Å². The Morgan fingerprint density at radius 2 is 1.93 bits per heavy atom. The molecule has 0 radical (unpaired) electrons. The molecule has 0 N–H and O–H groups in total. The van der Waals surface area contributed by atoms with Crippen LogP contribution in [-0.4, -0.2) is 49.1 Å². The highest BCUT2D eigenvalue weighted by Crippen LogP contribution is 2.42. The van der Waals surface area contributed by atoms with Crippen molar-refractivity contribution < 1.29 is 19.0 Å². The lowest BCUT2D eigenvalue weighted by molar-refractivity contribution is -0.128. The maximum absolute atomic E-state index is 12.6. The molecule has 0 spiro atoms. The number of pyridine rings is 1. The molecule has 0 bridgehead atoms. The van der Waals surface area contributed by atoms with E-state index in [1.807, 2.05) is 24.5 Å². The number of aromatic nitrogens is 1. The molecule has 7 nitrogen and oxygen atoms in total. The Labute approximate surface area is 178 Å². The molecule has 0 aliphatic carbocycles. The minimum absolute atomic E-state index is 0.0330. The number of rotatable bonds is 7. The summed E-state index contributed by atoms with van der Waals surface area (Å²) in [5, 5.41) is 9.67. The Bertz CT molecular complexity index is 936. The van der Waals surface area contributed by atoms with Gasteiger partial charge in [0.1, 0.15) is 16.5 Å². The first-order valence-electron chi connectivity index (χ1n) is 8.71. The highest BCUT2D eigenvalue weighted by molar-refractivity contribution is 8.00. The molecule has 1 saturated heterocycles. The Kier molecular flexibility index (Phi) is 6.77. The summed E-state index contributed by atoms with van der Waals surface area (Å²) in [7, 11) is 4.67. The van der Waals surface area contributed by atoms with E-state index in [9.17, 15) is 10.1 Å². The summed E-state index contributed by atoms with van der Waals surface area (Å²) in [6.45, 7) is 0.378. The number of methoxy groups -OCH3 is 3. The molecule has 1 fully saturated rings. The van der Waals surface area contributed by atoms with E-state index < -0.39 is 0 Å². The molecule has 1 aromatic carbocycles. The van der Waals surface area contributed by atoms with Gasteiger partial charge in [0.15, 0.2) is 11.5 Å². The van der Waals surface area contributed by atoms with Gasteiger partial charge in [0, 0.05) is 6.54 Å². The number of thioether (sulfide) groups is 2. The number of nitriles is 1. The number of carbonyl (C=O) groups is 1. The number of nitrogens with zero attached hydrogens (tertiary/aromatic N) is 3. The van der Waals surface area contributed by atoms with Gasteiger partial charge in [-0.1, -0.05) is 0 Å². The van der Waals surface area contributed by atoms with Gasteiger partial charge in [-0.25, -0.2) is 4.98 Å². The summed E-state index contributed by atoms with van der Waals surface area (Å²) in [5.41, 5.74) is 2.16. The summed E-state index contributed by atoms with van der Waals surface area (Å²) >= 11 is 2.95. The minimum atomic E-state index is -0.222. The van der Waals surface area contributed by atoms with Gasteiger partial charge in [-0.2, -0.15) is 5.26 Å². The summed E-state index contributed by atoms with van der Waals surface area (Å²) in [4.78, 5) is 19.0. The summed E-state index contributed by atoms with van der Waals surface area (Å²) < 4.78 is 16.2. The molecule has 29 heavy (non-hydrogen) atoms. The Balaban J connectivity index is 1.94. The summed E-state index contributed by atoms with van der Waals surface area (Å²) in [6, 6.07) is 9.41. The molecule has 152 valence electrons. The quantitative estimate of drug-likeness (QED) is 0.616. The topological polar surface area (TPSA) is 84.7 Å². The first-order valence-corrected chi connectivity index (χ1v) is 11.0. The van der Waals surface area contributed by atoms with Crippen LogP contribution >= 0.6 is 23.5 Å². The van der Waals surface area contributed by atoms with E-state index in [-0.39, 0.29) is 11.3 Å². The normalized spacial score (nSPS) is 15.9. The van der Waals surface area contributed by atoms with Crippen LogP contribution < -0.4 is 14.2 Å². The maximum atomic E-state index is 12.6. The summed E-state index contributed by atoms with van der Waals surface area (Å²) in [6.07, 6.45) is 1.88. The smallest absolute Gasteiger partial charge is 0.234 e. The Hall–Kier alpha value is -2.57. The zero-order valence-corrected chi connectivity index (χ0v) is 18.2. The SMILES string of the molecule is COc1cc(CN2C(=O)CSC2c2ccc(C#N)c(SC)n2)cc(OC)c1OC. The lowest BCUT2D eigenvalue weighted by Gasteiger charge is -2.25. The zero-order valence-electron chi connectivity index (χ0n) is 16.6. The van der Waals surface area contributed by atoms with Crippen LogP contribution in [0.25, 0.3) is 0 Å². The van der Waals surface area contributed by atoms with Crippen LogP contribution in [0.3, 0.4) is 0 Å². The largest absolute Gasteiger partial charge is 0.493 e. The molecule has 0 saturated carbocycles. The van der Waals surface area contributed by atoms with Gasteiger partial charge < -0.3 is 19.1 Å². The van der Waals surface area contributed by atoms with Gasteiger partial charge in [-0.3, -0.25) is 4.79 Å². The molecule has 2 aromatic rings. The number of hydrogen-bond acceptors (Lipinski definition) is 8. The van der Waals surface area contributed by atoms with E-state index in [0.717, 1.165) is 11.3 Å². The van der Waals surface area contributed by atoms with Crippen LogP contribution in [0.4, 0.5) is 0 Å². The van der Waals surface area contributed by atoms with E-state index in [4.69, 9.17) is 14.2 Å². The van der Waals surface area contributed by atoms with E-state index in [0.29, 0.717) is 40.1 Å². The van der Waals surface area contributed by atoms with E-state index in [1.165, 1.54) is 23.5 Å². The molecule has 9 heteroatoms. The second-order valence-electron chi connectivity index (χ2n) is 6.12. The van der Waals surface area contributed by atoms with Crippen LogP contribution in [0, 0.1) is 11.3 Å². The average Bonchev–Trinajstić information content (AvgIpc) is 3.12. The zero-order chi connectivity index (χ0) is 21.0. The van der Waals surface area contributed by atoms with Crippen molar-refractivity contribution in [2.75, 3.05) is 33.3 Å². The fraction of sp³-hybridized carbons (Fsp3) is 0.350. The van der Waals surface area contributed by atoms with Crippen LogP contribution in [0.5, 0.6) is 17.2 Å². The average molecular weight is 432 g/mol. The first-order chi connectivity index (χ1) is 14.1. The molecular weight excluding hydrogens is 410 g/mol. The molecule has 1 aliphatic rings. The molecular formula is C20H21N3O4S2. The molecule has 1 amide bonds. The van der Waals surface area contributed by atoms with Gasteiger partial charge in [0.2, 0.25) is 11.7 Å². The van der Waals surface area contributed by atoms with E-state index >= 15 is 0 Å². The number of amides is 1.